The molecule has 1 amide bonds. The molecule has 1 atom stereocenters. The lowest BCUT2D eigenvalue weighted by Crippen LogP contribution is -2.38. The molecule has 94 valence electrons. The quantitative estimate of drug-likeness (QED) is 0.788. The van der Waals surface area contributed by atoms with Gasteiger partial charge in [0, 0.05) is 18.0 Å². The van der Waals surface area contributed by atoms with Crippen LogP contribution in [0.25, 0.3) is 10.9 Å². The van der Waals surface area contributed by atoms with E-state index >= 15 is 0 Å². The molecule has 1 aliphatic rings. The van der Waals surface area contributed by atoms with Crippen LogP contribution in [-0.2, 0) is 0 Å². The second-order valence-corrected chi connectivity index (χ2v) is 5.45. The monoisotopic (exact) mass is 282 g/mol. The predicted octanol–water partition coefficient (Wildman–Crippen LogP) is 3.56. The molecule has 3 rings (SSSR count). The minimum absolute atomic E-state index is 0.0472. The molecular formula is C13H12Cl2N2O. The average molecular weight is 283 g/mol. The lowest BCUT2D eigenvalue weighted by atomic mass is 10.1. The summed E-state index contributed by atoms with van der Waals surface area (Å²) in [6.07, 6.45) is 0. The molecule has 0 fully saturated rings. The molecule has 0 saturated heterocycles. The summed E-state index contributed by atoms with van der Waals surface area (Å²) >= 11 is 12.4. The maximum Gasteiger partial charge on any atom is 0.268 e. The van der Waals surface area contributed by atoms with Crippen LogP contribution in [0, 0.1) is 6.92 Å². The molecule has 3 nitrogen and oxygen atoms in total. The summed E-state index contributed by atoms with van der Waals surface area (Å²) in [6, 6.07) is 3.86. The molecule has 0 spiro atoms. The molecule has 0 radical (unpaired) electrons. The van der Waals surface area contributed by atoms with Crippen molar-refractivity contribution in [3.8, 4) is 0 Å². The highest BCUT2D eigenvalue weighted by Gasteiger charge is 2.28. The van der Waals surface area contributed by atoms with E-state index in [1.807, 2.05) is 17.6 Å². The van der Waals surface area contributed by atoms with Gasteiger partial charge in [-0.05, 0) is 25.5 Å². The van der Waals surface area contributed by atoms with Gasteiger partial charge in [0.05, 0.1) is 15.6 Å². The van der Waals surface area contributed by atoms with Crippen molar-refractivity contribution < 1.29 is 4.79 Å². The third-order valence-corrected chi connectivity index (χ3v) is 4.32. The van der Waals surface area contributed by atoms with Crippen LogP contribution in [0.15, 0.2) is 12.1 Å². The number of aryl methyl sites for hydroxylation is 1. The number of nitrogens with one attached hydrogen (secondary N) is 1. The molecule has 5 heteroatoms. The molecule has 2 aromatic rings. The Hall–Kier alpha value is -1.19. The summed E-state index contributed by atoms with van der Waals surface area (Å²) in [7, 11) is 0. The zero-order valence-corrected chi connectivity index (χ0v) is 11.6. The van der Waals surface area contributed by atoms with Gasteiger partial charge in [0.1, 0.15) is 5.69 Å². The molecule has 1 N–H and O–H groups in total. The van der Waals surface area contributed by atoms with Crippen molar-refractivity contribution in [1.82, 2.24) is 9.88 Å². The summed E-state index contributed by atoms with van der Waals surface area (Å²) in [5.74, 6) is -0.0472. The molecule has 1 aromatic carbocycles. The number of benzene rings is 1. The van der Waals surface area contributed by atoms with E-state index in [9.17, 15) is 4.79 Å². The zero-order chi connectivity index (χ0) is 13.0. The Balaban J connectivity index is 2.51. The smallest absolute Gasteiger partial charge is 0.268 e. The van der Waals surface area contributed by atoms with Gasteiger partial charge in [0.25, 0.3) is 5.91 Å². The number of aromatic nitrogens is 1. The Morgan fingerprint density at radius 1 is 1.39 bits per heavy atom. The first-order valence-electron chi connectivity index (χ1n) is 5.79. The lowest BCUT2D eigenvalue weighted by Gasteiger charge is -2.24. The van der Waals surface area contributed by atoms with Crippen LogP contribution in [0.2, 0.25) is 10.0 Å². The van der Waals surface area contributed by atoms with Crippen molar-refractivity contribution >= 4 is 40.0 Å². The van der Waals surface area contributed by atoms with E-state index in [1.165, 1.54) is 0 Å². The van der Waals surface area contributed by atoms with E-state index in [-0.39, 0.29) is 11.9 Å². The minimum Gasteiger partial charge on any atom is -0.349 e. The van der Waals surface area contributed by atoms with Crippen LogP contribution in [-0.4, -0.2) is 17.0 Å². The summed E-state index contributed by atoms with van der Waals surface area (Å²) < 4.78 is 2.00. The Kier molecular flexibility index (Phi) is 2.57. The van der Waals surface area contributed by atoms with Crippen molar-refractivity contribution in [2.24, 2.45) is 0 Å². The topological polar surface area (TPSA) is 34.0 Å². The Morgan fingerprint density at radius 3 is 2.83 bits per heavy atom. The van der Waals surface area contributed by atoms with E-state index < -0.39 is 0 Å². The fourth-order valence-corrected chi connectivity index (χ4v) is 3.04. The second kappa shape index (κ2) is 3.90. The minimum atomic E-state index is -0.0472. The van der Waals surface area contributed by atoms with E-state index in [1.54, 1.807) is 6.07 Å². The number of fused-ring (bicyclic) bond motifs is 3. The number of hydrogen-bond donors (Lipinski definition) is 1. The van der Waals surface area contributed by atoms with Crippen molar-refractivity contribution in [3.63, 3.8) is 0 Å². The number of hydrogen-bond acceptors (Lipinski definition) is 1. The number of rotatable bonds is 0. The molecule has 1 aromatic heterocycles. The third-order valence-electron chi connectivity index (χ3n) is 3.52. The van der Waals surface area contributed by atoms with Crippen molar-refractivity contribution in [1.29, 1.82) is 0 Å². The first-order chi connectivity index (χ1) is 8.52. The fourth-order valence-electron chi connectivity index (χ4n) is 2.63. The van der Waals surface area contributed by atoms with E-state index in [4.69, 9.17) is 23.2 Å². The highest BCUT2D eigenvalue weighted by atomic mass is 35.5. The van der Waals surface area contributed by atoms with Crippen LogP contribution in [0.5, 0.6) is 0 Å². The van der Waals surface area contributed by atoms with Gasteiger partial charge in [-0.3, -0.25) is 4.79 Å². The summed E-state index contributed by atoms with van der Waals surface area (Å²) in [5.41, 5.74) is 2.50. The van der Waals surface area contributed by atoms with Gasteiger partial charge in [-0.15, -0.1) is 0 Å². The molecule has 2 heterocycles. The zero-order valence-electron chi connectivity index (χ0n) is 10.1. The Morgan fingerprint density at radius 2 is 2.11 bits per heavy atom. The molecule has 0 saturated carbocycles. The Labute approximate surface area is 115 Å². The highest BCUT2D eigenvalue weighted by Crippen LogP contribution is 2.38. The van der Waals surface area contributed by atoms with Gasteiger partial charge in [-0.25, -0.2) is 0 Å². The highest BCUT2D eigenvalue weighted by molar-refractivity contribution is 6.45. The average Bonchev–Trinajstić information content (AvgIpc) is 2.64. The molecular weight excluding hydrogens is 271 g/mol. The Bertz CT molecular complexity index is 675. The molecule has 1 aliphatic heterocycles. The van der Waals surface area contributed by atoms with Crippen LogP contribution in [0.3, 0.4) is 0 Å². The first-order valence-corrected chi connectivity index (χ1v) is 6.54. The molecule has 0 unspecified atom stereocenters. The standard InChI is InChI=1S/C13H12Cl2N2O/c1-6-5-16-13(18)11-7(2)8-3-4-9(14)10(15)12(8)17(6)11/h3-4,6H,5H2,1-2H3,(H,16,18)/t6-/m1/s1. The van der Waals surface area contributed by atoms with Crippen LogP contribution in [0.1, 0.15) is 29.0 Å². The van der Waals surface area contributed by atoms with Gasteiger partial charge in [0.15, 0.2) is 0 Å². The predicted molar refractivity (Wildman–Crippen MR) is 73.7 cm³/mol. The summed E-state index contributed by atoms with van der Waals surface area (Å²) in [5, 5.41) is 4.91. The van der Waals surface area contributed by atoms with Gasteiger partial charge in [-0.1, -0.05) is 29.3 Å². The number of carbonyl (C=O) groups is 1. The maximum atomic E-state index is 12.0. The first kappa shape index (κ1) is 11.9. The van der Waals surface area contributed by atoms with Gasteiger partial charge in [0.2, 0.25) is 0 Å². The van der Waals surface area contributed by atoms with Crippen LogP contribution < -0.4 is 5.32 Å². The van der Waals surface area contributed by atoms with E-state index in [2.05, 4.69) is 12.2 Å². The fraction of sp³-hybridized carbons (Fsp3) is 0.308. The van der Waals surface area contributed by atoms with Crippen molar-refractivity contribution in [3.05, 3.63) is 33.4 Å². The summed E-state index contributed by atoms with van der Waals surface area (Å²) in [4.78, 5) is 12.0. The molecule has 0 bridgehead atoms. The lowest BCUT2D eigenvalue weighted by molar-refractivity contribution is 0.0918. The third kappa shape index (κ3) is 1.41. The molecule has 18 heavy (non-hydrogen) atoms. The van der Waals surface area contributed by atoms with E-state index in [0.717, 1.165) is 16.5 Å². The number of halogens is 2. The van der Waals surface area contributed by atoms with Gasteiger partial charge < -0.3 is 9.88 Å². The SMILES string of the molecule is Cc1c2n(c3c(Cl)c(Cl)ccc13)[C@H](C)CNC2=O. The van der Waals surface area contributed by atoms with Crippen molar-refractivity contribution in [2.45, 2.75) is 19.9 Å². The maximum absolute atomic E-state index is 12.0. The normalized spacial score (nSPS) is 18.9. The summed E-state index contributed by atoms with van der Waals surface area (Å²) in [6.45, 7) is 4.60. The van der Waals surface area contributed by atoms with Gasteiger partial charge in [-0.2, -0.15) is 0 Å². The van der Waals surface area contributed by atoms with Crippen LogP contribution in [0.4, 0.5) is 0 Å². The number of nitrogens with zero attached hydrogens (tertiary/aromatic N) is 1. The molecule has 0 aliphatic carbocycles. The van der Waals surface area contributed by atoms with E-state index in [0.29, 0.717) is 22.3 Å². The largest absolute Gasteiger partial charge is 0.349 e. The van der Waals surface area contributed by atoms with Crippen LogP contribution >= 0.6 is 23.2 Å². The van der Waals surface area contributed by atoms with Crippen molar-refractivity contribution in [2.75, 3.05) is 6.54 Å². The van der Waals surface area contributed by atoms with Gasteiger partial charge >= 0.3 is 0 Å². The second-order valence-electron chi connectivity index (χ2n) is 4.66. The number of carbonyl (C=O) groups excluding carboxylic acids is 1. The number of amides is 1.